The smallest absolute Gasteiger partial charge is 0.337 e. The molecule has 10 nitrogen and oxygen atoms in total. The maximum atomic E-state index is 10.0. The summed E-state index contributed by atoms with van der Waals surface area (Å²) in [7, 11) is 0. The first-order valence-corrected chi connectivity index (χ1v) is 2.74. The van der Waals surface area contributed by atoms with E-state index in [9.17, 15) is 15.0 Å². The molecular weight excluding hydrogens is 186 g/mol. The Morgan fingerprint density at radius 3 is 3.00 bits per heavy atom. The lowest BCUT2D eigenvalue weighted by Crippen LogP contribution is -2.04. The lowest BCUT2D eigenvalue weighted by atomic mass is 10.5. The van der Waals surface area contributed by atoms with Gasteiger partial charge in [-0.05, 0) is 5.18 Å². The Morgan fingerprint density at radius 2 is 2.38 bits per heavy atom. The molecule has 1 heterocycles. The summed E-state index contributed by atoms with van der Waals surface area (Å²) in [5.74, 6) is -0.432. The fourth-order valence-electron chi connectivity index (χ4n) is 0.434. The molecule has 0 atom stereocenters. The van der Waals surface area contributed by atoms with Crippen molar-refractivity contribution >= 4 is 5.84 Å². The number of amidine groups is 1. The van der Waals surface area contributed by atoms with E-state index in [4.69, 9.17) is 0 Å². The van der Waals surface area contributed by atoms with Gasteiger partial charge in [-0.1, -0.05) is 0 Å². The van der Waals surface area contributed by atoms with Gasteiger partial charge in [0, 0.05) is 5.16 Å². The highest BCUT2D eigenvalue weighted by molar-refractivity contribution is 5.97. The maximum Gasteiger partial charge on any atom is 0.365 e. The molecule has 0 unspecified atom stereocenters. The van der Waals surface area contributed by atoms with Gasteiger partial charge in [-0.2, -0.15) is 4.99 Å². The van der Waals surface area contributed by atoms with Crippen LogP contribution in [0.15, 0.2) is 32.6 Å². The van der Waals surface area contributed by atoms with Crippen molar-refractivity contribution in [2.45, 2.75) is 0 Å². The minimum Gasteiger partial charge on any atom is -0.337 e. The monoisotopic (exact) mass is 187 g/mol. The van der Waals surface area contributed by atoms with E-state index in [-0.39, 0.29) is 5.70 Å². The average Bonchev–Trinajstić information content (AvgIpc) is 2.15. The van der Waals surface area contributed by atoms with Gasteiger partial charge in [0.15, 0.2) is 11.5 Å². The minimum absolute atomic E-state index is 0.350. The summed E-state index contributed by atoms with van der Waals surface area (Å²) in [6.07, 6.45) is 0.786. The summed E-state index contributed by atoms with van der Waals surface area (Å²) in [4.78, 5) is 27.8. The van der Waals surface area contributed by atoms with E-state index in [1.807, 2.05) is 0 Å². The summed E-state index contributed by atoms with van der Waals surface area (Å²) in [5.41, 5.74) is -0.350. The molecule has 0 fully saturated rings. The third-order valence-electron chi connectivity index (χ3n) is 0.866. The molecule has 68 valence electrons. The number of nitrogens with zero attached hydrogens (tertiary/aromatic N) is 5. The molecule has 0 bridgehead atoms. The lowest BCUT2D eigenvalue weighted by Gasteiger charge is -1.97. The summed E-state index contributed by atoms with van der Waals surface area (Å²) < 4.78 is 0. The first-order chi connectivity index (χ1) is 6.24. The molecule has 1 rings (SSSR count). The van der Waals surface area contributed by atoms with Gasteiger partial charge in [0.25, 0.3) is 0 Å². The summed E-state index contributed by atoms with van der Waals surface area (Å²) in [5, 5.41) is 19.5. The summed E-state index contributed by atoms with van der Waals surface area (Å²) in [6.45, 7) is 0. The number of nitroso groups, excluding NO2 is 1. The Balaban J connectivity index is 2.78. The second-order valence-corrected chi connectivity index (χ2v) is 1.61. The van der Waals surface area contributed by atoms with Gasteiger partial charge in [-0.15, -0.1) is 4.91 Å². The van der Waals surface area contributed by atoms with Crippen LogP contribution in [-0.4, -0.2) is 10.9 Å². The van der Waals surface area contributed by atoms with Crippen molar-refractivity contribution < 1.29 is 14.9 Å². The fourth-order valence-corrected chi connectivity index (χ4v) is 0.434. The molecule has 0 aromatic heterocycles. The molecular formula is C3HN5O5. The predicted molar refractivity (Wildman–Crippen MR) is 35.3 cm³/mol. The van der Waals surface area contributed by atoms with Crippen molar-refractivity contribution in [3.8, 4) is 0 Å². The van der Waals surface area contributed by atoms with Crippen LogP contribution in [-0.2, 0) is 9.88 Å². The van der Waals surface area contributed by atoms with Crippen molar-refractivity contribution in [1.29, 1.82) is 0 Å². The first kappa shape index (κ1) is 8.70. The number of rotatable bonds is 2. The molecule has 0 saturated carbocycles. The number of hydrogen-bond donors (Lipinski definition) is 0. The number of oxime groups is 1. The molecule has 0 N–H and O–H groups in total. The largest absolute Gasteiger partial charge is 0.365 e. The van der Waals surface area contributed by atoms with Gasteiger partial charge in [0.05, 0.1) is 5.03 Å². The van der Waals surface area contributed by atoms with Crippen LogP contribution < -0.4 is 0 Å². The van der Waals surface area contributed by atoms with E-state index < -0.39 is 10.9 Å². The highest BCUT2D eigenvalue weighted by Crippen LogP contribution is 2.08. The third kappa shape index (κ3) is 2.28. The molecule has 1 aliphatic heterocycles. The van der Waals surface area contributed by atoms with Crippen molar-refractivity contribution in [2.24, 2.45) is 20.7 Å². The van der Waals surface area contributed by atoms with E-state index in [0.29, 0.717) is 0 Å². The molecule has 0 saturated heterocycles. The molecule has 0 radical (unpaired) electrons. The van der Waals surface area contributed by atoms with E-state index in [0.717, 1.165) is 6.26 Å². The number of hydrogen-bond acceptors (Lipinski definition) is 8. The second-order valence-electron chi connectivity index (χ2n) is 1.61. The second kappa shape index (κ2) is 3.85. The van der Waals surface area contributed by atoms with Crippen molar-refractivity contribution in [2.75, 3.05) is 0 Å². The predicted octanol–water partition coefficient (Wildman–Crippen LogP) is 0.513. The summed E-state index contributed by atoms with van der Waals surface area (Å²) in [6, 6.07) is 0. The van der Waals surface area contributed by atoms with Gasteiger partial charge in [0.1, 0.15) is 5.11 Å². The first-order valence-electron chi connectivity index (χ1n) is 2.74. The Morgan fingerprint density at radius 1 is 1.62 bits per heavy atom. The zero-order valence-corrected chi connectivity index (χ0v) is 5.85. The molecule has 0 aliphatic carbocycles. The highest BCUT2D eigenvalue weighted by Gasteiger charge is 2.20. The molecule has 10 heteroatoms. The molecule has 0 aromatic carbocycles. The standard InChI is InChI=1S/C3HN5O5/c9-5-2-1-12-13-6-3(2)4-7-8(10)11/h1H. The fraction of sp³-hybridized carbons (Fsp3) is 0. The van der Waals surface area contributed by atoms with E-state index in [2.05, 4.69) is 30.5 Å². The SMILES string of the molecule is O=NC1=COON=C1N=N[N+](=O)[O-]. The Hall–Kier alpha value is -2.39. The minimum atomic E-state index is -1.07. The van der Waals surface area contributed by atoms with Gasteiger partial charge in [0.2, 0.25) is 5.70 Å². The van der Waals surface area contributed by atoms with E-state index in [1.165, 1.54) is 0 Å². The third-order valence-corrected chi connectivity index (χ3v) is 0.866. The quantitative estimate of drug-likeness (QED) is 0.204. The highest BCUT2D eigenvalue weighted by atomic mass is 17.3. The molecule has 1 aliphatic rings. The Labute approximate surface area is 69.5 Å². The maximum absolute atomic E-state index is 10.0. The van der Waals surface area contributed by atoms with E-state index >= 15 is 0 Å². The van der Waals surface area contributed by atoms with Gasteiger partial charge in [-0.3, -0.25) is 4.89 Å². The normalized spacial score (nSPS) is 15.4. The van der Waals surface area contributed by atoms with Gasteiger partial charge >= 0.3 is 5.84 Å². The average molecular weight is 187 g/mol. The lowest BCUT2D eigenvalue weighted by molar-refractivity contribution is -0.493. The van der Waals surface area contributed by atoms with Crippen LogP contribution >= 0.6 is 0 Å². The van der Waals surface area contributed by atoms with Crippen LogP contribution in [0.5, 0.6) is 0 Å². The number of nitro groups is 1. The zero-order chi connectivity index (χ0) is 9.68. The van der Waals surface area contributed by atoms with Crippen LogP contribution in [0.2, 0.25) is 0 Å². The van der Waals surface area contributed by atoms with Crippen LogP contribution in [0, 0.1) is 15.0 Å². The summed E-state index contributed by atoms with van der Waals surface area (Å²) >= 11 is 0. The Bertz CT molecular complexity index is 318. The van der Waals surface area contributed by atoms with Crippen LogP contribution in [0.4, 0.5) is 0 Å². The van der Waals surface area contributed by atoms with Gasteiger partial charge in [-0.25, -0.2) is 0 Å². The molecule has 0 spiro atoms. The molecule has 0 amide bonds. The van der Waals surface area contributed by atoms with Crippen molar-refractivity contribution in [3.05, 3.63) is 27.0 Å². The van der Waals surface area contributed by atoms with Crippen molar-refractivity contribution in [1.82, 2.24) is 0 Å². The molecule has 0 aromatic rings. The van der Waals surface area contributed by atoms with Gasteiger partial charge < -0.3 is 10.1 Å². The zero-order valence-electron chi connectivity index (χ0n) is 5.85. The van der Waals surface area contributed by atoms with Crippen LogP contribution in [0.25, 0.3) is 0 Å². The Kier molecular flexibility index (Phi) is 2.58. The van der Waals surface area contributed by atoms with Crippen LogP contribution in [0.3, 0.4) is 0 Å². The topological polar surface area (TPSA) is 128 Å². The van der Waals surface area contributed by atoms with E-state index in [1.54, 1.807) is 0 Å². The van der Waals surface area contributed by atoms with Crippen LogP contribution in [0.1, 0.15) is 0 Å². The van der Waals surface area contributed by atoms with Crippen molar-refractivity contribution in [3.63, 3.8) is 0 Å². The molecule has 13 heavy (non-hydrogen) atoms.